The number of nitro groups is 1. The molecule has 0 unspecified atom stereocenters. The van der Waals surface area contributed by atoms with Crippen LogP contribution < -0.4 is 4.74 Å². The molecule has 21 heavy (non-hydrogen) atoms. The fraction of sp³-hybridized carbons (Fsp3) is 0.143. The first-order chi connectivity index (χ1) is 9.90. The number of halogens is 2. The summed E-state index contributed by atoms with van der Waals surface area (Å²) in [5.41, 5.74) is -0.497. The molecule has 0 radical (unpaired) electrons. The lowest BCUT2D eigenvalue weighted by Crippen LogP contribution is -2.01. The maximum absolute atomic E-state index is 13.8. The number of rotatable bonds is 4. The van der Waals surface area contributed by atoms with E-state index in [0.29, 0.717) is 6.07 Å². The zero-order valence-electron chi connectivity index (χ0n) is 10.9. The van der Waals surface area contributed by atoms with Crippen LogP contribution in [0.3, 0.4) is 0 Å². The Bertz CT molecular complexity index is 689. The molecule has 110 valence electrons. The van der Waals surface area contributed by atoms with E-state index in [0.717, 1.165) is 18.2 Å². The first-order valence-electron chi connectivity index (χ1n) is 5.98. The topological polar surface area (TPSA) is 72.6 Å². The van der Waals surface area contributed by atoms with Gasteiger partial charge >= 0.3 is 5.69 Å². The van der Waals surface area contributed by atoms with Crippen molar-refractivity contribution in [3.63, 3.8) is 0 Å². The number of hydrogen-bond donors (Lipinski definition) is 1. The van der Waals surface area contributed by atoms with Crippen molar-refractivity contribution >= 4 is 5.69 Å². The van der Waals surface area contributed by atoms with Crippen LogP contribution in [-0.4, -0.2) is 10.0 Å². The molecular formula is C14H11F2NO4. The van der Waals surface area contributed by atoms with Gasteiger partial charge in [0.2, 0.25) is 5.75 Å². The van der Waals surface area contributed by atoms with E-state index in [9.17, 15) is 24.0 Å². The Labute approximate surface area is 118 Å². The van der Waals surface area contributed by atoms with Crippen molar-refractivity contribution in [1.82, 2.24) is 0 Å². The number of nitrogens with zero attached hydrogens (tertiary/aromatic N) is 1. The van der Waals surface area contributed by atoms with E-state index >= 15 is 0 Å². The molecule has 0 saturated carbocycles. The molecule has 0 heterocycles. The highest BCUT2D eigenvalue weighted by Crippen LogP contribution is 2.36. The van der Waals surface area contributed by atoms with Gasteiger partial charge in [0.1, 0.15) is 5.82 Å². The van der Waals surface area contributed by atoms with Gasteiger partial charge in [-0.25, -0.2) is 8.78 Å². The summed E-state index contributed by atoms with van der Waals surface area (Å²) in [4.78, 5) is 10.1. The van der Waals surface area contributed by atoms with E-state index in [1.54, 1.807) is 0 Å². The highest BCUT2D eigenvalue weighted by Gasteiger charge is 2.21. The second kappa shape index (κ2) is 5.84. The fourth-order valence-corrected chi connectivity index (χ4v) is 1.79. The Morgan fingerprint density at radius 3 is 2.62 bits per heavy atom. The predicted molar refractivity (Wildman–Crippen MR) is 70.2 cm³/mol. The third-order valence-electron chi connectivity index (χ3n) is 2.78. The molecule has 0 amide bonds. The molecule has 0 bridgehead atoms. The summed E-state index contributed by atoms with van der Waals surface area (Å²) in [7, 11) is 0. The summed E-state index contributed by atoms with van der Waals surface area (Å²) < 4.78 is 32.1. The molecule has 1 N–H and O–H groups in total. The number of para-hydroxylation sites is 1. The molecule has 2 aromatic rings. The minimum atomic E-state index is -1.03. The molecule has 0 aliphatic heterocycles. The van der Waals surface area contributed by atoms with Crippen molar-refractivity contribution in [2.75, 3.05) is 0 Å². The van der Waals surface area contributed by atoms with Gasteiger partial charge in [0.15, 0.2) is 11.6 Å². The lowest BCUT2D eigenvalue weighted by atomic mass is 10.1. The molecule has 2 aromatic carbocycles. The molecule has 0 aliphatic carbocycles. The van der Waals surface area contributed by atoms with E-state index in [1.165, 1.54) is 19.1 Å². The molecule has 1 atom stereocenters. The van der Waals surface area contributed by atoms with Gasteiger partial charge in [-0.05, 0) is 25.1 Å². The second-order valence-corrected chi connectivity index (χ2v) is 4.31. The highest BCUT2D eigenvalue weighted by molar-refractivity contribution is 5.50. The molecule has 0 saturated heterocycles. The summed E-state index contributed by atoms with van der Waals surface area (Å²) in [6, 6.07) is 6.58. The fourth-order valence-electron chi connectivity index (χ4n) is 1.79. The summed E-state index contributed by atoms with van der Waals surface area (Å²) in [6.45, 7) is 1.40. The quantitative estimate of drug-likeness (QED) is 0.689. The van der Waals surface area contributed by atoms with Gasteiger partial charge in [0, 0.05) is 5.56 Å². The maximum atomic E-state index is 13.8. The van der Waals surface area contributed by atoms with Crippen molar-refractivity contribution in [1.29, 1.82) is 0 Å². The van der Waals surface area contributed by atoms with Crippen molar-refractivity contribution in [2.45, 2.75) is 13.0 Å². The van der Waals surface area contributed by atoms with Gasteiger partial charge in [0.25, 0.3) is 0 Å². The Morgan fingerprint density at radius 1 is 1.29 bits per heavy atom. The Morgan fingerprint density at radius 2 is 2.00 bits per heavy atom. The molecule has 2 rings (SSSR count). The number of aliphatic hydroxyl groups is 1. The highest BCUT2D eigenvalue weighted by atomic mass is 19.1. The van der Waals surface area contributed by atoms with Gasteiger partial charge in [-0.15, -0.1) is 0 Å². The second-order valence-electron chi connectivity index (χ2n) is 4.31. The van der Waals surface area contributed by atoms with Crippen LogP contribution in [-0.2, 0) is 0 Å². The number of ether oxygens (including phenoxy) is 1. The molecule has 7 heteroatoms. The monoisotopic (exact) mass is 295 g/mol. The zero-order valence-corrected chi connectivity index (χ0v) is 10.9. The summed E-state index contributed by atoms with van der Waals surface area (Å²) in [5, 5.41) is 20.5. The third kappa shape index (κ3) is 3.14. The summed E-state index contributed by atoms with van der Waals surface area (Å²) in [5.74, 6) is -2.24. The van der Waals surface area contributed by atoms with Gasteiger partial charge < -0.3 is 9.84 Å². The van der Waals surface area contributed by atoms with Gasteiger partial charge in [-0.3, -0.25) is 10.1 Å². The van der Waals surface area contributed by atoms with E-state index < -0.39 is 28.3 Å². The molecule has 0 fully saturated rings. The van der Waals surface area contributed by atoms with Gasteiger partial charge in [-0.2, -0.15) is 0 Å². The standard InChI is InChI=1S/C14H11F2NO4/c1-8(18)10-3-2-4-11(16)14(10)21-13-6-5-9(15)7-12(13)17(19)20/h2-8,18H,1H3/t8-/m0/s1. The average molecular weight is 295 g/mol. The molecular weight excluding hydrogens is 284 g/mol. The van der Waals surface area contributed by atoms with Crippen LogP contribution in [0.5, 0.6) is 11.5 Å². The Kier molecular flexibility index (Phi) is 4.13. The lowest BCUT2D eigenvalue weighted by molar-refractivity contribution is -0.385. The number of nitro benzene ring substituents is 1. The SMILES string of the molecule is C[C@H](O)c1cccc(F)c1Oc1ccc(F)cc1[N+](=O)[O-]. The first kappa shape index (κ1) is 14.9. The van der Waals surface area contributed by atoms with Gasteiger partial charge in [0.05, 0.1) is 17.1 Å². The van der Waals surface area contributed by atoms with E-state index in [-0.39, 0.29) is 17.1 Å². The summed E-state index contributed by atoms with van der Waals surface area (Å²) in [6.07, 6.45) is -1.03. The van der Waals surface area contributed by atoms with Crippen molar-refractivity contribution in [2.24, 2.45) is 0 Å². The Balaban J connectivity index is 2.51. The van der Waals surface area contributed by atoms with Crippen molar-refractivity contribution < 1.29 is 23.5 Å². The largest absolute Gasteiger partial charge is 0.447 e. The number of aliphatic hydroxyl groups excluding tert-OH is 1. The smallest absolute Gasteiger partial charge is 0.314 e. The van der Waals surface area contributed by atoms with Crippen LogP contribution in [0.4, 0.5) is 14.5 Å². The average Bonchev–Trinajstić information content (AvgIpc) is 2.42. The van der Waals surface area contributed by atoms with Crippen LogP contribution in [0, 0.1) is 21.7 Å². The molecule has 5 nitrogen and oxygen atoms in total. The molecule has 0 spiro atoms. The zero-order chi connectivity index (χ0) is 15.6. The summed E-state index contributed by atoms with van der Waals surface area (Å²) >= 11 is 0. The predicted octanol–water partition coefficient (Wildman–Crippen LogP) is 3.72. The minimum Gasteiger partial charge on any atom is -0.447 e. The Hall–Kier alpha value is -2.54. The van der Waals surface area contributed by atoms with Crippen LogP contribution in [0.25, 0.3) is 0 Å². The van der Waals surface area contributed by atoms with Crippen molar-refractivity contribution in [3.05, 3.63) is 63.7 Å². The van der Waals surface area contributed by atoms with E-state index in [4.69, 9.17) is 4.74 Å². The number of benzene rings is 2. The minimum absolute atomic E-state index is 0.133. The molecule has 0 aliphatic rings. The van der Waals surface area contributed by atoms with Crippen LogP contribution in [0.1, 0.15) is 18.6 Å². The molecule has 0 aromatic heterocycles. The van der Waals surface area contributed by atoms with E-state index in [2.05, 4.69) is 0 Å². The van der Waals surface area contributed by atoms with Gasteiger partial charge in [-0.1, -0.05) is 12.1 Å². The number of hydrogen-bond acceptors (Lipinski definition) is 4. The lowest BCUT2D eigenvalue weighted by Gasteiger charge is -2.13. The first-order valence-corrected chi connectivity index (χ1v) is 5.98. The van der Waals surface area contributed by atoms with Crippen LogP contribution >= 0.6 is 0 Å². The maximum Gasteiger partial charge on any atom is 0.314 e. The normalized spacial score (nSPS) is 12.0. The van der Waals surface area contributed by atoms with Crippen molar-refractivity contribution in [3.8, 4) is 11.5 Å². The third-order valence-corrected chi connectivity index (χ3v) is 2.78. The van der Waals surface area contributed by atoms with Crippen LogP contribution in [0.15, 0.2) is 36.4 Å². The van der Waals surface area contributed by atoms with E-state index in [1.807, 2.05) is 0 Å². The van der Waals surface area contributed by atoms with Crippen LogP contribution in [0.2, 0.25) is 0 Å².